The minimum atomic E-state index is -0.503. The number of aliphatic hydroxyl groups is 1. The van der Waals surface area contributed by atoms with Gasteiger partial charge in [0.05, 0.1) is 5.60 Å². The molecule has 0 heterocycles. The van der Waals surface area contributed by atoms with Crippen molar-refractivity contribution >= 4 is 0 Å². The van der Waals surface area contributed by atoms with Crippen LogP contribution >= 0.6 is 0 Å². The SMILES string of the molecule is CC1C(C)C(CC(C)(C)O)[C@@H](C)C1C. The Balaban J connectivity index is 2.70. The molecule has 1 aliphatic rings. The molecule has 0 aromatic rings. The van der Waals surface area contributed by atoms with E-state index >= 15 is 0 Å². The first-order chi connectivity index (χ1) is 6.24. The summed E-state index contributed by atoms with van der Waals surface area (Å²) in [5, 5.41) is 9.89. The summed E-state index contributed by atoms with van der Waals surface area (Å²) in [5.41, 5.74) is -0.503. The maximum absolute atomic E-state index is 9.89. The van der Waals surface area contributed by atoms with Crippen LogP contribution < -0.4 is 0 Å². The van der Waals surface area contributed by atoms with Crippen LogP contribution in [0.15, 0.2) is 0 Å². The van der Waals surface area contributed by atoms with Crippen molar-refractivity contribution in [3.63, 3.8) is 0 Å². The Labute approximate surface area is 88.9 Å². The second-order valence-corrected chi connectivity index (χ2v) is 6.12. The van der Waals surface area contributed by atoms with Gasteiger partial charge in [0.1, 0.15) is 0 Å². The lowest BCUT2D eigenvalue weighted by atomic mass is 9.81. The van der Waals surface area contributed by atoms with E-state index in [1.54, 1.807) is 0 Å². The molecule has 0 amide bonds. The Morgan fingerprint density at radius 1 is 0.857 bits per heavy atom. The largest absolute Gasteiger partial charge is 0.390 e. The first-order valence-electron chi connectivity index (χ1n) is 5.96. The minimum absolute atomic E-state index is 0.503. The van der Waals surface area contributed by atoms with E-state index in [1.165, 1.54) is 0 Å². The van der Waals surface area contributed by atoms with E-state index in [2.05, 4.69) is 27.7 Å². The van der Waals surface area contributed by atoms with Crippen molar-refractivity contribution in [3.05, 3.63) is 0 Å². The summed E-state index contributed by atoms with van der Waals surface area (Å²) >= 11 is 0. The van der Waals surface area contributed by atoms with E-state index in [0.717, 1.165) is 30.1 Å². The summed E-state index contributed by atoms with van der Waals surface area (Å²) in [5.74, 6) is 3.81. The molecule has 0 bridgehead atoms. The molecule has 1 aliphatic carbocycles. The summed E-state index contributed by atoms with van der Waals surface area (Å²) in [7, 11) is 0. The molecule has 1 saturated carbocycles. The van der Waals surface area contributed by atoms with E-state index in [4.69, 9.17) is 0 Å². The third kappa shape index (κ3) is 2.31. The smallest absolute Gasteiger partial charge is 0.0594 e. The highest BCUT2D eigenvalue weighted by molar-refractivity contribution is 4.91. The quantitative estimate of drug-likeness (QED) is 0.721. The van der Waals surface area contributed by atoms with Crippen LogP contribution in [0.1, 0.15) is 48.0 Å². The first kappa shape index (κ1) is 12.0. The number of hydrogen-bond acceptors (Lipinski definition) is 1. The van der Waals surface area contributed by atoms with Gasteiger partial charge in [-0.3, -0.25) is 0 Å². The molecule has 1 rings (SSSR count). The molecular weight excluding hydrogens is 172 g/mol. The maximum atomic E-state index is 9.89. The van der Waals surface area contributed by atoms with Crippen molar-refractivity contribution in [2.24, 2.45) is 29.6 Å². The molecule has 14 heavy (non-hydrogen) atoms. The molecule has 1 heteroatoms. The molecule has 4 unspecified atom stereocenters. The zero-order valence-corrected chi connectivity index (χ0v) is 10.5. The van der Waals surface area contributed by atoms with E-state index < -0.39 is 5.60 Å². The highest BCUT2D eigenvalue weighted by atomic mass is 16.3. The third-order valence-corrected chi connectivity index (χ3v) is 4.57. The average molecular weight is 198 g/mol. The predicted octanol–water partition coefficient (Wildman–Crippen LogP) is 3.32. The summed E-state index contributed by atoms with van der Waals surface area (Å²) in [4.78, 5) is 0. The van der Waals surface area contributed by atoms with Crippen molar-refractivity contribution in [1.82, 2.24) is 0 Å². The molecule has 5 atom stereocenters. The van der Waals surface area contributed by atoms with E-state index in [1.807, 2.05) is 13.8 Å². The van der Waals surface area contributed by atoms with Gasteiger partial charge in [-0.2, -0.15) is 0 Å². The Bertz CT molecular complexity index is 178. The summed E-state index contributed by atoms with van der Waals surface area (Å²) in [6.45, 7) is 13.3. The minimum Gasteiger partial charge on any atom is -0.390 e. The van der Waals surface area contributed by atoms with Crippen molar-refractivity contribution < 1.29 is 5.11 Å². The van der Waals surface area contributed by atoms with Crippen LogP contribution in [0, 0.1) is 29.6 Å². The Hall–Kier alpha value is -0.0400. The summed E-state index contributed by atoms with van der Waals surface area (Å²) < 4.78 is 0. The maximum Gasteiger partial charge on any atom is 0.0594 e. The molecule has 84 valence electrons. The van der Waals surface area contributed by atoms with Crippen molar-refractivity contribution in [1.29, 1.82) is 0 Å². The van der Waals surface area contributed by atoms with Crippen LogP contribution in [0.2, 0.25) is 0 Å². The van der Waals surface area contributed by atoms with Crippen LogP contribution in [0.3, 0.4) is 0 Å². The standard InChI is InChI=1S/C13H26O/c1-8-9(2)11(4)12(10(8)3)7-13(5,6)14/h8-12,14H,7H2,1-6H3/t8?,9?,10-,11?,12?/m0/s1. The monoisotopic (exact) mass is 198 g/mol. The van der Waals surface area contributed by atoms with Gasteiger partial charge in [-0.15, -0.1) is 0 Å². The van der Waals surface area contributed by atoms with Gasteiger partial charge >= 0.3 is 0 Å². The Morgan fingerprint density at radius 2 is 1.21 bits per heavy atom. The fraction of sp³-hybridized carbons (Fsp3) is 1.00. The van der Waals surface area contributed by atoms with Crippen molar-refractivity contribution in [2.45, 2.75) is 53.6 Å². The Morgan fingerprint density at radius 3 is 1.50 bits per heavy atom. The van der Waals surface area contributed by atoms with Crippen LogP contribution in [0.5, 0.6) is 0 Å². The van der Waals surface area contributed by atoms with Crippen LogP contribution in [-0.2, 0) is 0 Å². The second-order valence-electron chi connectivity index (χ2n) is 6.12. The fourth-order valence-corrected chi connectivity index (χ4v) is 3.16. The lowest BCUT2D eigenvalue weighted by Crippen LogP contribution is -2.27. The highest BCUT2D eigenvalue weighted by Crippen LogP contribution is 2.48. The van der Waals surface area contributed by atoms with Crippen molar-refractivity contribution in [2.75, 3.05) is 0 Å². The fourth-order valence-electron chi connectivity index (χ4n) is 3.16. The summed E-state index contributed by atoms with van der Waals surface area (Å²) in [6.07, 6.45) is 0.948. The lowest BCUT2D eigenvalue weighted by molar-refractivity contribution is 0.0374. The summed E-state index contributed by atoms with van der Waals surface area (Å²) in [6, 6.07) is 0. The molecule has 0 aromatic heterocycles. The normalized spacial score (nSPS) is 44.4. The second kappa shape index (κ2) is 3.84. The van der Waals surface area contributed by atoms with E-state index in [0.29, 0.717) is 5.92 Å². The van der Waals surface area contributed by atoms with Crippen LogP contribution in [0.25, 0.3) is 0 Å². The van der Waals surface area contributed by atoms with Gasteiger partial charge in [0.2, 0.25) is 0 Å². The zero-order chi connectivity index (χ0) is 11.1. The van der Waals surface area contributed by atoms with Gasteiger partial charge in [0, 0.05) is 0 Å². The van der Waals surface area contributed by atoms with Gasteiger partial charge in [0.25, 0.3) is 0 Å². The third-order valence-electron chi connectivity index (χ3n) is 4.57. The molecule has 0 radical (unpaired) electrons. The van der Waals surface area contributed by atoms with Crippen molar-refractivity contribution in [3.8, 4) is 0 Å². The molecule has 0 spiro atoms. The number of rotatable bonds is 2. The molecule has 0 saturated heterocycles. The van der Waals surface area contributed by atoms with Gasteiger partial charge in [-0.05, 0) is 49.9 Å². The molecule has 1 fully saturated rings. The zero-order valence-electron chi connectivity index (χ0n) is 10.5. The average Bonchev–Trinajstić information content (AvgIpc) is 2.20. The molecular formula is C13H26O. The highest BCUT2D eigenvalue weighted by Gasteiger charge is 2.42. The van der Waals surface area contributed by atoms with Crippen LogP contribution in [0.4, 0.5) is 0 Å². The molecule has 0 aromatic carbocycles. The first-order valence-corrected chi connectivity index (χ1v) is 5.96. The van der Waals surface area contributed by atoms with E-state index in [-0.39, 0.29) is 0 Å². The van der Waals surface area contributed by atoms with E-state index in [9.17, 15) is 5.11 Å². The topological polar surface area (TPSA) is 20.2 Å². The molecule has 1 N–H and O–H groups in total. The van der Waals surface area contributed by atoms with Gasteiger partial charge < -0.3 is 5.11 Å². The molecule has 1 nitrogen and oxygen atoms in total. The predicted molar refractivity (Wildman–Crippen MR) is 61.1 cm³/mol. The van der Waals surface area contributed by atoms with Gasteiger partial charge in [-0.1, -0.05) is 27.7 Å². The lowest BCUT2D eigenvalue weighted by Gasteiger charge is -2.28. The number of hydrogen-bond donors (Lipinski definition) is 1. The van der Waals surface area contributed by atoms with Gasteiger partial charge in [-0.25, -0.2) is 0 Å². The van der Waals surface area contributed by atoms with Crippen LogP contribution in [-0.4, -0.2) is 10.7 Å². The van der Waals surface area contributed by atoms with Gasteiger partial charge in [0.15, 0.2) is 0 Å². The Kier molecular flexibility index (Phi) is 3.30. The molecule has 0 aliphatic heterocycles.